The highest BCUT2D eigenvalue weighted by atomic mass is 35.5. The highest BCUT2D eigenvalue weighted by molar-refractivity contribution is 6.31. The van der Waals surface area contributed by atoms with Crippen molar-refractivity contribution in [2.24, 2.45) is 0 Å². The van der Waals surface area contributed by atoms with Gasteiger partial charge in [-0.2, -0.15) is 0 Å². The van der Waals surface area contributed by atoms with Crippen molar-refractivity contribution >= 4 is 64.6 Å². The Hall–Kier alpha value is -5.38. The Labute approximate surface area is 280 Å². The van der Waals surface area contributed by atoms with Gasteiger partial charge in [0.25, 0.3) is 5.91 Å². The number of aliphatic carboxylic acids is 1. The minimum atomic E-state index is -1.56. The maximum absolute atomic E-state index is 12.9. The minimum Gasteiger partial charge on any atom is -0.480 e. The summed E-state index contributed by atoms with van der Waals surface area (Å²) in [7, 11) is 0. The fourth-order valence-corrected chi connectivity index (χ4v) is 4.81. The fourth-order valence-electron chi connectivity index (χ4n) is 4.62. The third kappa shape index (κ3) is 9.34. The molecule has 1 aliphatic heterocycles. The molecule has 3 aromatic rings. The Morgan fingerprint density at radius 2 is 1.79 bits per heavy atom. The van der Waals surface area contributed by atoms with Crippen LogP contribution in [-0.4, -0.2) is 92.9 Å². The standard InChI is InChI=1S/C31H36ClN7O9/c1-31(2,3)48-30(46)39-23-13-7-6-11-20(23)35-27(39)33-14-8-12-21-25(41)38(28(44)36-21)16-24(40)34-15-22(26(42)43)37-29(45)47-17-18-9-4-5-10-19(18)32/h4-7,9-11,13,21-22H,8,12,14-17H2,1-3H3,(H,33,35)(H,34,40)(H,36,44)(H,37,45)(H,42,43). The van der Waals surface area contributed by atoms with Gasteiger partial charge in [-0.25, -0.2) is 28.7 Å². The number of carboxylic acids is 1. The lowest BCUT2D eigenvalue weighted by molar-refractivity contribution is -0.139. The molecule has 0 bridgehead atoms. The first-order valence-electron chi connectivity index (χ1n) is 15.0. The summed E-state index contributed by atoms with van der Waals surface area (Å²) in [5.74, 6) is -2.64. The second-order valence-electron chi connectivity index (χ2n) is 11.7. The summed E-state index contributed by atoms with van der Waals surface area (Å²) >= 11 is 6.02. The summed E-state index contributed by atoms with van der Waals surface area (Å²) in [6.45, 7) is 4.14. The van der Waals surface area contributed by atoms with E-state index in [2.05, 4.69) is 26.3 Å². The molecule has 1 fully saturated rings. The number of imidazole rings is 1. The van der Waals surface area contributed by atoms with Crippen molar-refractivity contribution in [2.45, 2.75) is 57.9 Å². The lowest BCUT2D eigenvalue weighted by Gasteiger charge is -2.20. The number of nitrogens with one attached hydrogen (secondary N) is 4. The minimum absolute atomic E-state index is 0.207. The van der Waals surface area contributed by atoms with Gasteiger partial charge in [0.1, 0.15) is 30.8 Å². The number of imide groups is 1. The Bertz CT molecular complexity index is 1700. The highest BCUT2D eigenvalue weighted by Gasteiger charge is 2.38. The number of alkyl carbamates (subject to hydrolysis) is 1. The molecule has 1 aliphatic rings. The first kappa shape index (κ1) is 35.5. The van der Waals surface area contributed by atoms with Crippen LogP contribution in [0.1, 0.15) is 39.2 Å². The molecular weight excluding hydrogens is 650 g/mol. The monoisotopic (exact) mass is 685 g/mol. The topological polar surface area (TPSA) is 210 Å². The van der Waals surface area contributed by atoms with Gasteiger partial charge in [0.05, 0.1) is 11.0 Å². The van der Waals surface area contributed by atoms with Crippen molar-refractivity contribution in [2.75, 3.05) is 25.0 Å². The van der Waals surface area contributed by atoms with Gasteiger partial charge in [-0.1, -0.05) is 41.9 Å². The number of rotatable bonds is 13. The number of urea groups is 1. The average Bonchev–Trinajstić information content (AvgIpc) is 3.52. The second-order valence-corrected chi connectivity index (χ2v) is 12.1. The number of carboxylic acid groups (broad SMARTS) is 1. The number of amides is 5. The quantitative estimate of drug-likeness (QED) is 0.130. The van der Waals surface area contributed by atoms with Crippen LogP contribution in [0.25, 0.3) is 11.0 Å². The molecule has 0 radical (unpaired) electrons. The summed E-state index contributed by atoms with van der Waals surface area (Å²) in [6.07, 6.45) is -1.06. The van der Waals surface area contributed by atoms with E-state index in [0.717, 1.165) is 4.90 Å². The molecule has 1 saturated heterocycles. The molecule has 16 nitrogen and oxygen atoms in total. The number of aromatic nitrogens is 2. The SMILES string of the molecule is CC(C)(C)OC(=O)n1c(NCCCC2NC(=O)N(CC(=O)NCC(NC(=O)OCc3ccccc3Cl)C(=O)O)C2=O)nc2ccccc21. The number of halogens is 1. The molecule has 0 saturated carbocycles. The summed E-state index contributed by atoms with van der Waals surface area (Å²) in [5, 5.41) is 19.9. The zero-order valence-electron chi connectivity index (χ0n) is 26.4. The number of anilines is 1. The molecule has 4 rings (SSSR count). The summed E-state index contributed by atoms with van der Waals surface area (Å²) < 4.78 is 11.9. The molecule has 2 aromatic carbocycles. The molecule has 0 spiro atoms. The van der Waals surface area contributed by atoms with Gasteiger partial charge in [-0.3, -0.25) is 14.5 Å². The number of carbonyl (C=O) groups is 6. The largest absolute Gasteiger partial charge is 0.480 e. The van der Waals surface area contributed by atoms with E-state index in [4.69, 9.17) is 21.1 Å². The van der Waals surface area contributed by atoms with Gasteiger partial charge in [-0.05, 0) is 51.8 Å². The smallest absolute Gasteiger partial charge is 0.421 e. The molecule has 5 N–H and O–H groups in total. The van der Waals surface area contributed by atoms with Crippen LogP contribution in [0.15, 0.2) is 48.5 Å². The number of hydrogen-bond acceptors (Lipinski definition) is 10. The van der Waals surface area contributed by atoms with Gasteiger partial charge < -0.3 is 35.8 Å². The van der Waals surface area contributed by atoms with E-state index in [9.17, 15) is 33.9 Å². The number of ether oxygens (including phenoxy) is 2. The Morgan fingerprint density at radius 1 is 1.08 bits per heavy atom. The van der Waals surface area contributed by atoms with Crippen molar-refractivity contribution in [1.29, 1.82) is 0 Å². The van der Waals surface area contributed by atoms with Crippen LogP contribution in [0.4, 0.5) is 20.3 Å². The summed E-state index contributed by atoms with van der Waals surface area (Å²) in [4.78, 5) is 79.8. The van der Waals surface area contributed by atoms with Crippen LogP contribution in [-0.2, 0) is 30.5 Å². The van der Waals surface area contributed by atoms with E-state index in [1.54, 1.807) is 69.3 Å². The fraction of sp³-hybridized carbons (Fsp3) is 0.387. The number of carbonyl (C=O) groups excluding carboxylic acids is 5. The van der Waals surface area contributed by atoms with E-state index in [1.165, 1.54) is 4.57 Å². The zero-order chi connectivity index (χ0) is 35.0. The molecular formula is C31H36ClN7O9. The van der Waals surface area contributed by atoms with E-state index >= 15 is 0 Å². The van der Waals surface area contributed by atoms with E-state index in [1.807, 2.05) is 0 Å². The first-order chi connectivity index (χ1) is 22.7. The van der Waals surface area contributed by atoms with Crippen LogP contribution in [0.2, 0.25) is 5.02 Å². The van der Waals surface area contributed by atoms with Gasteiger partial charge >= 0.3 is 24.2 Å². The second kappa shape index (κ2) is 15.5. The molecule has 2 unspecified atom stereocenters. The van der Waals surface area contributed by atoms with E-state index < -0.39 is 66.8 Å². The lowest BCUT2D eigenvalue weighted by atomic mass is 10.1. The number of fused-ring (bicyclic) bond motifs is 1. The molecule has 48 heavy (non-hydrogen) atoms. The van der Waals surface area contributed by atoms with Gasteiger partial charge in [-0.15, -0.1) is 0 Å². The van der Waals surface area contributed by atoms with Gasteiger partial charge in [0.15, 0.2) is 0 Å². The van der Waals surface area contributed by atoms with Crippen LogP contribution in [0.5, 0.6) is 0 Å². The average molecular weight is 686 g/mol. The van der Waals surface area contributed by atoms with E-state index in [0.29, 0.717) is 28.0 Å². The molecule has 2 atom stereocenters. The molecule has 1 aromatic heterocycles. The van der Waals surface area contributed by atoms with Crippen molar-refractivity contribution in [1.82, 2.24) is 30.4 Å². The van der Waals surface area contributed by atoms with Crippen molar-refractivity contribution in [3.05, 3.63) is 59.1 Å². The normalized spacial score (nSPS) is 15.1. The maximum atomic E-state index is 12.9. The van der Waals surface area contributed by atoms with E-state index in [-0.39, 0.29) is 25.5 Å². The molecule has 17 heteroatoms. The first-order valence-corrected chi connectivity index (χ1v) is 15.3. The molecule has 5 amide bonds. The maximum Gasteiger partial charge on any atom is 0.421 e. The third-order valence-electron chi connectivity index (χ3n) is 6.91. The van der Waals surface area contributed by atoms with Crippen LogP contribution >= 0.6 is 11.6 Å². The van der Waals surface area contributed by atoms with Crippen molar-refractivity contribution in [3.63, 3.8) is 0 Å². The number of benzene rings is 2. The van der Waals surface area contributed by atoms with Crippen LogP contribution in [0, 0.1) is 0 Å². The highest BCUT2D eigenvalue weighted by Crippen LogP contribution is 2.22. The predicted molar refractivity (Wildman–Crippen MR) is 172 cm³/mol. The molecule has 0 aliphatic carbocycles. The molecule has 2 heterocycles. The zero-order valence-corrected chi connectivity index (χ0v) is 27.2. The van der Waals surface area contributed by atoms with Crippen LogP contribution in [0.3, 0.4) is 0 Å². The summed E-state index contributed by atoms with van der Waals surface area (Å²) in [5.41, 5.74) is 0.915. The summed E-state index contributed by atoms with van der Waals surface area (Å²) in [6, 6.07) is 10.5. The van der Waals surface area contributed by atoms with Gasteiger partial charge in [0, 0.05) is 23.7 Å². The molecule has 256 valence electrons. The van der Waals surface area contributed by atoms with Gasteiger partial charge in [0.2, 0.25) is 11.9 Å². The van der Waals surface area contributed by atoms with Crippen molar-refractivity contribution < 1.29 is 43.3 Å². The Balaban J connectivity index is 1.24. The van der Waals surface area contributed by atoms with Crippen LogP contribution < -0.4 is 21.3 Å². The third-order valence-corrected chi connectivity index (χ3v) is 7.28. The van der Waals surface area contributed by atoms with Crippen molar-refractivity contribution in [3.8, 4) is 0 Å². The Kier molecular flexibility index (Phi) is 11.4. The number of para-hydroxylation sites is 2. The Morgan fingerprint density at radius 3 is 2.50 bits per heavy atom. The lowest BCUT2D eigenvalue weighted by Crippen LogP contribution is -2.50. The predicted octanol–water partition coefficient (Wildman–Crippen LogP) is 3.08. The number of nitrogens with zero attached hydrogens (tertiary/aromatic N) is 3. The number of hydrogen-bond donors (Lipinski definition) is 5.